The molecule has 0 N–H and O–H groups in total. The molecule has 0 fully saturated rings. The number of nitrogens with zero attached hydrogens (tertiary/aromatic N) is 18. The molecule has 17 aromatic rings. The van der Waals surface area contributed by atoms with Crippen LogP contribution in [-0.4, -0.2) is 66.9 Å². The first-order valence-corrected chi connectivity index (χ1v) is 28.5. The minimum atomic E-state index is -2.32. The van der Waals surface area contributed by atoms with Gasteiger partial charge in [0.25, 0.3) is 21.9 Å². The molecule has 0 atom stereocenters. The van der Waals surface area contributed by atoms with Gasteiger partial charge in [0.2, 0.25) is 39.9 Å². The van der Waals surface area contributed by atoms with Crippen LogP contribution in [0.5, 0.6) is 0 Å². The van der Waals surface area contributed by atoms with Gasteiger partial charge in [0.05, 0.1) is 78.6 Å². The molecule has 4 aliphatic heterocycles. The van der Waals surface area contributed by atoms with Gasteiger partial charge in [-0.05, 0) is 60.7 Å². The summed E-state index contributed by atoms with van der Waals surface area (Å²) in [6.45, 7) is 1.000. The fourth-order valence-corrected chi connectivity index (χ4v) is 14.3. The third kappa shape index (κ3) is 6.62. The highest BCUT2D eigenvalue weighted by Gasteiger charge is 2.39. The van der Waals surface area contributed by atoms with Crippen LogP contribution in [0.4, 0.5) is 0 Å². The number of aromatic nitrogens is 18. The first-order valence-electron chi connectivity index (χ1n) is 29.2. The highest BCUT2D eigenvalue weighted by Crippen LogP contribution is 2.39. The number of para-hydroxylation sites is 1. The van der Waals surface area contributed by atoms with Crippen LogP contribution in [0.3, 0.4) is 0 Å². The maximum atomic E-state index is 8.01. The Kier molecular flexibility index (Phi) is 9.22. The number of benzene rings is 5. The lowest BCUT2D eigenvalue weighted by atomic mass is 10.1. The van der Waals surface area contributed by atoms with E-state index in [1.165, 1.54) is 64.8 Å². The van der Waals surface area contributed by atoms with Crippen LogP contribution in [0.1, 0.15) is 26.4 Å². The molecule has 0 amide bonds. The van der Waals surface area contributed by atoms with Gasteiger partial charge in [-0.3, -0.25) is 0 Å². The summed E-state index contributed by atoms with van der Waals surface area (Å²) in [5.41, 5.74) is 21.1. The fraction of sp³-hybridized carbons (Fsp3) is 0.0923. The minimum Gasteiger partial charge on any atom is -0.300 e. The van der Waals surface area contributed by atoms with E-state index in [1.54, 1.807) is 29.2 Å². The van der Waals surface area contributed by atoms with E-state index in [0.29, 0.717) is 29.3 Å². The number of thiazole rings is 1. The summed E-state index contributed by atoms with van der Waals surface area (Å²) in [5.74, 6) is 3.04. The van der Waals surface area contributed by atoms with E-state index in [9.17, 15) is 0 Å². The highest BCUT2D eigenvalue weighted by molar-refractivity contribution is 7.22. The van der Waals surface area contributed by atoms with Crippen molar-refractivity contribution in [3.05, 3.63) is 229 Å². The van der Waals surface area contributed by atoms with Gasteiger partial charge in [-0.1, -0.05) is 107 Å². The third-order valence-corrected chi connectivity index (χ3v) is 17.9. The molecule has 0 spiro atoms. The number of imidazole rings is 6. The third-order valence-electron chi connectivity index (χ3n) is 16.6. The first kappa shape index (κ1) is 43.7. The smallest absolute Gasteiger partial charge is 0.300 e. The molecule has 0 radical (unpaired) electrons. The summed E-state index contributed by atoms with van der Waals surface area (Å²) in [6.07, 6.45) is 11.3. The highest BCUT2D eigenvalue weighted by atomic mass is 32.1. The Morgan fingerprint density at radius 2 is 1.02 bits per heavy atom. The van der Waals surface area contributed by atoms with E-state index in [-0.39, 0.29) is 0 Å². The molecule has 0 saturated heterocycles. The molecule has 84 heavy (non-hydrogen) atoms. The van der Waals surface area contributed by atoms with E-state index in [0.717, 1.165) is 76.0 Å². The zero-order valence-corrected chi connectivity index (χ0v) is 45.7. The Bertz CT molecular complexity index is 5700. The topological polar surface area (TPSA) is 138 Å². The summed E-state index contributed by atoms with van der Waals surface area (Å²) in [7, 11) is 2.08. The second kappa shape index (κ2) is 17.7. The van der Waals surface area contributed by atoms with Gasteiger partial charge in [-0.2, -0.15) is 24.1 Å². The van der Waals surface area contributed by atoms with E-state index in [4.69, 9.17) is 14.1 Å². The lowest BCUT2D eigenvalue weighted by Crippen LogP contribution is -2.31. The monoisotopic (exact) mass is 1120 g/mol. The van der Waals surface area contributed by atoms with Crippen LogP contribution in [0.25, 0.3) is 117 Å². The molecule has 0 bridgehead atoms. The molecule has 400 valence electrons. The molecule has 18 nitrogen and oxygen atoms in total. The number of hydrogen-bond donors (Lipinski definition) is 0. The Morgan fingerprint density at radius 3 is 1.68 bits per heavy atom. The molecular weight excluding hydrogens is 1060 g/mol. The normalized spacial score (nSPS) is 13.6. The van der Waals surface area contributed by atoms with Crippen molar-refractivity contribution in [2.75, 3.05) is 0 Å². The summed E-state index contributed by atoms with van der Waals surface area (Å²) in [5, 5.41) is 14.6. The van der Waals surface area contributed by atoms with E-state index < -0.39 is 6.98 Å². The van der Waals surface area contributed by atoms with E-state index in [1.807, 2.05) is 97.9 Å². The Hall–Kier alpha value is -11.1. The lowest BCUT2D eigenvalue weighted by Gasteiger charge is -2.04. The van der Waals surface area contributed by atoms with E-state index in [2.05, 4.69) is 169 Å². The van der Waals surface area contributed by atoms with Gasteiger partial charge in [-0.15, -0.1) is 19.2 Å². The second-order valence-corrected chi connectivity index (χ2v) is 22.3. The van der Waals surface area contributed by atoms with Gasteiger partial charge in [0.15, 0.2) is 12.2 Å². The van der Waals surface area contributed by atoms with Gasteiger partial charge in [-0.25, -0.2) is 32.4 Å². The number of hydrogen-bond acceptors (Lipinski definition) is 8. The van der Waals surface area contributed by atoms with Crippen LogP contribution in [-0.2, 0) is 40.2 Å². The Labute approximate surface area is 485 Å². The van der Waals surface area contributed by atoms with Crippen LogP contribution in [0, 0.1) is 0 Å². The average molecular weight is 1120 g/mol. The molecule has 19 heteroatoms. The SMILES string of the molecule is C[n+]1c2n(c3nc4cccnn4c31)Cc1ccccc1-2.[2H]C([2H])([2H])[n+]1c2n(c3nc4cccnn4c31)Cc1ccccc1-2.c1ccc(-n2c3[n+](c4nc5cccnn5c42)Cc2ccccc2-3)cc1.c1ccc2c(c1)C[n+]1c-2sc2c3ncccn3cc21. The molecule has 21 rings (SSSR count). The molecule has 16 heterocycles. The molecular formula is C65H48N18S+4. The standard InChI is InChI=1S/C20H14N5.2C15H12N5.C15H10N3S/c1-2-8-15(9-3-1)24-19-16-10-5-4-7-14(16)13-23(19)18-20(24)25-17(22-18)11-6-12-21-25;2*1-18-14-11-6-3-2-5-10(11)9-19(14)13-15(18)20-12(17-13)7-4-8-16-20;1-2-5-11-10(4-1)8-18-12-9-17-7-3-6-16-14(17)13(12)19-15(11)18/h1-12H,13H2;2*2-8H,9H2,1H3;1-7,9H,8H2/q4*+1/i;1D3;;. The van der Waals surface area contributed by atoms with Crippen LogP contribution < -0.4 is 18.3 Å². The Morgan fingerprint density at radius 1 is 0.488 bits per heavy atom. The predicted octanol–water partition coefficient (Wildman–Crippen LogP) is 8.93. The van der Waals surface area contributed by atoms with Crippen molar-refractivity contribution in [3.8, 4) is 50.4 Å². The number of aryl methyl sites for hydroxylation is 2. The number of rotatable bonds is 1. The van der Waals surface area contributed by atoms with Gasteiger partial charge in [0, 0.05) is 59.0 Å². The fourth-order valence-electron chi connectivity index (χ4n) is 13.0. The van der Waals surface area contributed by atoms with Gasteiger partial charge >= 0.3 is 16.9 Å². The molecule has 0 unspecified atom stereocenters. The van der Waals surface area contributed by atoms with Crippen molar-refractivity contribution in [1.82, 2.24) is 66.9 Å². The van der Waals surface area contributed by atoms with Crippen LogP contribution in [0.15, 0.2) is 207 Å². The predicted molar refractivity (Wildman–Crippen MR) is 318 cm³/mol. The van der Waals surface area contributed by atoms with Crippen molar-refractivity contribution in [2.24, 2.45) is 14.0 Å². The van der Waals surface area contributed by atoms with Crippen molar-refractivity contribution < 1.29 is 22.4 Å². The summed E-state index contributed by atoms with van der Waals surface area (Å²) >= 11 is 1.84. The summed E-state index contributed by atoms with van der Waals surface area (Å²) < 4.78 is 47.6. The van der Waals surface area contributed by atoms with Crippen molar-refractivity contribution in [3.63, 3.8) is 0 Å². The maximum absolute atomic E-state index is 8.01. The van der Waals surface area contributed by atoms with Crippen molar-refractivity contribution in [1.29, 1.82) is 0 Å². The van der Waals surface area contributed by atoms with Gasteiger partial charge in [0.1, 0.15) is 10.4 Å². The van der Waals surface area contributed by atoms with Crippen molar-refractivity contribution >= 4 is 78.0 Å². The average Bonchev–Trinajstić information content (AvgIpc) is 3.53. The molecule has 0 saturated carbocycles. The number of fused-ring (bicyclic) bond motifs is 28. The molecule has 0 aliphatic carbocycles. The van der Waals surface area contributed by atoms with Crippen molar-refractivity contribution in [2.45, 2.75) is 26.2 Å². The van der Waals surface area contributed by atoms with Gasteiger partial charge < -0.3 is 4.40 Å². The quantitative estimate of drug-likeness (QED) is 0.150. The second-order valence-electron chi connectivity index (χ2n) is 21.3. The first-order chi connectivity index (χ1) is 42.7. The molecule has 4 aliphatic rings. The largest absolute Gasteiger partial charge is 0.325 e. The van der Waals surface area contributed by atoms with Crippen LogP contribution >= 0.6 is 11.3 Å². The zero-order chi connectivity index (χ0) is 57.8. The van der Waals surface area contributed by atoms with Crippen LogP contribution in [0.2, 0.25) is 0 Å². The zero-order valence-electron chi connectivity index (χ0n) is 47.9. The summed E-state index contributed by atoms with van der Waals surface area (Å²) in [6, 6.07) is 57.5. The van der Waals surface area contributed by atoms with E-state index >= 15 is 0 Å². The molecule has 12 aromatic heterocycles. The molecule has 5 aromatic carbocycles. The summed E-state index contributed by atoms with van der Waals surface area (Å²) in [4.78, 5) is 18.7. The maximum Gasteiger partial charge on any atom is 0.325 e. The lowest BCUT2D eigenvalue weighted by molar-refractivity contribution is -0.647. The minimum absolute atomic E-state index is 0.505. The Balaban J connectivity index is 0.0000000877.